The molecule has 1 heterocycles. The average Bonchev–Trinajstić information content (AvgIpc) is 3.08. The molecule has 0 aliphatic rings. The smallest absolute Gasteiger partial charge is 0.258 e. The Balaban J connectivity index is 1.78. The zero-order chi connectivity index (χ0) is 18.7. The predicted octanol–water partition coefficient (Wildman–Crippen LogP) is 5.86. The van der Waals surface area contributed by atoms with E-state index in [1.807, 2.05) is 5.38 Å². The van der Waals surface area contributed by atoms with Crippen molar-refractivity contribution < 1.29 is 4.92 Å². The second kappa shape index (κ2) is 7.82. The average molecular weight is 407 g/mol. The molecule has 1 N–H and O–H groups in total. The van der Waals surface area contributed by atoms with Gasteiger partial charge in [-0.15, -0.1) is 11.3 Å². The zero-order valence-electron chi connectivity index (χ0n) is 13.4. The van der Waals surface area contributed by atoms with Crippen LogP contribution < -0.4 is 5.43 Å². The van der Waals surface area contributed by atoms with E-state index in [2.05, 4.69) is 15.5 Å². The second-order valence-corrected chi connectivity index (χ2v) is 6.98. The number of non-ortho nitro benzene ring substituents is 1. The third kappa shape index (κ3) is 4.19. The molecule has 0 unspecified atom stereocenters. The minimum absolute atomic E-state index is 0.0194. The van der Waals surface area contributed by atoms with Crippen LogP contribution in [0.3, 0.4) is 0 Å². The highest BCUT2D eigenvalue weighted by Crippen LogP contribution is 2.32. The molecule has 0 saturated carbocycles. The molecule has 0 aliphatic carbocycles. The van der Waals surface area contributed by atoms with Crippen LogP contribution in [0.15, 0.2) is 52.9 Å². The molecule has 6 nitrogen and oxygen atoms in total. The van der Waals surface area contributed by atoms with E-state index in [-0.39, 0.29) is 5.69 Å². The Hall–Kier alpha value is -2.48. The molecule has 9 heteroatoms. The van der Waals surface area contributed by atoms with Crippen LogP contribution in [0.25, 0.3) is 11.3 Å². The first-order valence-electron chi connectivity index (χ1n) is 7.40. The van der Waals surface area contributed by atoms with E-state index in [9.17, 15) is 10.1 Å². The molecule has 0 bridgehead atoms. The Labute approximate surface area is 163 Å². The van der Waals surface area contributed by atoms with Crippen LogP contribution in [-0.4, -0.2) is 15.6 Å². The van der Waals surface area contributed by atoms with Crippen molar-refractivity contribution in [2.45, 2.75) is 6.92 Å². The minimum atomic E-state index is -0.437. The molecule has 0 fully saturated rings. The highest BCUT2D eigenvalue weighted by Gasteiger charge is 2.10. The molecule has 3 aromatic rings. The lowest BCUT2D eigenvalue weighted by molar-refractivity contribution is -0.384. The fourth-order valence-corrected chi connectivity index (χ4v) is 3.34. The van der Waals surface area contributed by atoms with Crippen LogP contribution in [0.5, 0.6) is 0 Å². The molecule has 2 aromatic carbocycles. The number of benzene rings is 2. The number of halogens is 2. The van der Waals surface area contributed by atoms with Gasteiger partial charge < -0.3 is 0 Å². The van der Waals surface area contributed by atoms with E-state index in [4.69, 9.17) is 23.2 Å². The van der Waals surface area contributed by atoms with Crippen LogP contribution in [0.2, 0.25) is 10.0 Å². The number of hydrogen-bond acceptors (Lipinski definition) is 6. The summed E-state index contributed by atoms with van der Waals surface area (Å²) in [7, 11) is 0. The quantitative estimate of drug-likeness (QED) is 0.326. The van der Waals surface area contributed by atoms with E-state index < -0.39 is 4.92 Å². The Bertz CT molecular complexity index is 1000. The summed E-state index contributed by atoms with van der Waals surface area (Å²) in [6.07, 6.45) is 0. The van der Waals surface area contributed by atoms with E-state index in [0.29, 0.717) is 32.1 Å². The summed E-state index contributed by atoms with van der Waals surface area (Å²) < 4.78 is 0. The lowest BCUT2D eigenvalue weighted by Gasteiger charge is -2.02. The molecule has 0 spiro atoms. The molecule has 0 amide bonds. The summed E-state index contributed by atoms with van der Waals surface area (Å²) in [4.78, 5) is 14.9. The largest absolute Gasteiger partial charge is 0.270 e. The normalized spacial score (nSPS) is 11.4. The number of nitrogens with one attached hydrogen (secondary N) is 1. The van der Waals surface area contributed by atoms with Gasteiger partial charge in [-0.25, -0.2) is 4.98 Å². The highest BCUT2D eigenvalue weighted by atomic mass is 35.5. The number of nitro benzene ring substituents is 1. The first-order chi connectivity index (χ1) is 12.4. The lowest BCUT2D eigenvalue weighted by atomic mass is 10.1. The standard InChI is InChI=1S/C17H12Cl2N4O2S/c1-10(11-3-2-4-13(7-11)23(24)25)21-22-17-20-16(9-26-17)14-6-5-12(18)8-15(14)19/h2-9H,1H3,(H,20,22)/b21-10-. The molecule has 0 radical (unpaired) electrons. The molecule has 0 saturated heterocycles. The van der Waals surface area contributed by atoms with Gasteiger partial charge >= 0.3 is 0 Å². The van der Waals surface area contributed by atoms with E-state index in [0.717, 1.165) is 5.56 Å². The van der Waals surface area contributed by atoms with Crippen LogP contribution in [0, 0.1) is 10.1 Å². The first-order valence-corrected chi connectivity index (χ1v) is 9.03. The van der Waals surface area contributed by atoms with Gasteiger partial charge in [0.2, 0.25) is 5.13 Å². The first kappa shape index (κ1) is 18.3. The van der Waals surface area contributed by atoms with E-state index in [1.54, 1.807) is 37.3 Å². The van der Waals surface area contributed by atoms with E-state index >= 15 is 0 Å². The van der Waals surface area contributed by atoms with Crippen molar-refractivity contribution >= 4 is 51.1 Å². The highest BCUT2D eigenvalue weighted by molar-refractivity contribution is 7.14. The maximum Gasteiger partial charge on any atom is 0.270 e. The zero-order valence-corrected chi connectivity index (χ0v) is 15.8. The Morgan fingerprint density at radius 1 is 1.27 bits per heavy atom. The topological polar surface area (TPSA) is 80.4 Å². The van der Waals surface area contributed by atoms with Gasteiger partial charge in [-0.05, 0) is 25.1 Å². The van der Waals surface area contributed by atoms with Crippen LogP contribution >= 0.6 is 34.5 Å². The number of hydrazone groups is 1. The SMILES string of the molecule is C/C(=N/Nc1nc(-c2ccc(Cl)cc2Cl)cs1)c1cccc([N+](=O)[O-])c1. The van der Waals surface area contributed by atoms with Gasteiger partial charge in [0.1, 0.15) is 0 Å². The van der Waals surface area contributed by atoms with Gasteiger partial charge in [0.15, 0.2) is 0 Å². The summed E-state index contributed by atoms with van der Waals surface area (Å²) in [5.41, 5.74) is 5.64. The summed E-state index contributed by atoms with van der Waals surface area (Å²) in [5, 5.41) is 18.6. The Morgan fingerprint density at radius 3 is 2.81 bits per heavy atom. The van der Waals surface area contributed by atoms with Crippen molar-refractivity contribution in [1.82, 2.24) is 4.98 Å². The summed E-state index contributed by atoms with van der Waals surface area (Å²) in [5.74, 6) is 0. The van der Waals surface area contributed by atoms with E-state index in [1.165, 1.54) is 23.5 Å². The van der Waals surface area contributed by atoms with Crippen molar-refractivity contribution in [2.24, 2.45) is 5.10 Å². The van der Waals surface area contributed by atoms with Crippen LogP contribution in [0.1, 0.15) is 12.5 Å². The molecular weight excluding hydrogens is 395 g/mol. The van der Waals surface area contributed by atoms with Crippen molar-refractivity contribution in [3.05, 3.63) is 73.6 Å². The monoisotopic (exact) mass is 406 g/mol. The van der Waals surface area contributed by atoms with Crippen molar-refractivity contribution in [3.63, 3.8) is 0 Å². The van der Waals surface area contributed by atoms with Gasteiger partial charge in [-0.2, -0.15) is 5.10 Å². The van der Waals surface area contributed by atoms with Crippen molar-refractivity contribution in [1.29, 1.82) is 0 Å². The maximum atomic E-state index is 10.9. The van der Waals surface area contributed by atoms with Gasteiger partial charge in [0.25, 0.3) is 5.69 Å². The number of nitro groups is 1. The number of anilines is 1. The number of hydrogen-bond donors (Lipinski definition) is 1. The van der Waals surface area contributed by atoms with Crippen LogP contribution in [-0.2, 0) is 0 Å². The molecule has 0 atom stereocenters. The second-order valence-electron chi connectivity index (χ2n) is 5.28. The molecule has 1 aromatic heterocycles. The summed E-state index contributed by atoms with van der Waals surface area (Å²) in [6.45, 7) is 1.76. The molecular formula is C17H12Cl2N4O2S. The maximum absolute atomic E-state index is 10.9. The Kier molecular flexibility index (Phi) is 5.51. The Morgan fingerprint density at radius 2 is 2.08 bits per heavy atom. The molecule has 0 aliphatic heterocycles. The number of thiazole rings is 1. The molecule has 132 valence electrons. The number of rotatable bonds is 5. The third-order valence-electron chi connectivity index (χ3n) is 3.51. The number of nitrogens with zero attached hydrogens (tertiary/aromatic N) is 3. The fourth-order valence-electron chi connectivity index (χ4n) is 2.19. The predicted molar refractivity (Wildman–Crippen MR) is 107 cm³/mol. The van der Waals surface area contributed by atoms with Gasteiger partial charge in [0.05, 0.1) is 21.4 Å². The van der Waals surface area contributed by atoms with Crippen LogP contribution in [0.4, 0.5) is 10.8 Å². The molecule has 3 rings (SSSR count). The summed E-state index contributed by atoms with van der Waals surface area (Å²) in [6, 6.07) is 11.5. The fraction of sp³-hybridized carbons (Fsp3) is 0.0588. The summed E-state index contributed by atoms with van der Waals surface area (Å²) >= 11 is 13.5. The molecule has 26 heavy (non-hydrogen) atoms. The number of aromatic nitrogens is 1. The van der Waals surface area contributed by atoms with Gasteiger partial charge in [-0.1, -0.05) is 35.3 Å². The van der Waals surface area contributed by atoms with Gasteiger partial charge in [-0.3, -0.25) is 15.5 Å². The lowest BCUT2D eigenvalue weighted by Crippen LogP contribution is -2.00. The van der Waals surface area contributed by atoms with Gasteiger partial charge in [0, 0.05) is 33.7 Å². The van der Waals surface area contributed by atoms with Crippen molar-refractivity contribution in [3.8, 4) is 11.3 Å². The van der Waals surface area contributed by atoms with Crippen molar-refractivity contribution in [2.75, 3.05) is 5.43 Å². The third-order valence-corrected chi connectivity index (χ3v) is 4.80. The minimum Gasteiger partial charge on any atom is -0.258 e.